The number of amides is 1. The van der Waals surface area contributed by atoms with Crippen LogP contribution in [0.4, 0.5) is 0 Å². The first-order chi connectivity index (χ1) is 12.0. The zero-order chi connectivity index (χ0) is 18.0. The van der Waals surface area contributed by atoms with Crippen molar-refractivity contribution in [1.82, 2.24) is 4.57 Å². The van der Waals surface area contributed by atoms with Gasteiger partial charge in [-0.25, -0.2) is 0 Å². The normalized spacial score (nSPS) is 12.1. The summed E-state index contributed by atoms with van der Waals surface area (Å²) in [6.45, 7) is 5.07. The summed E-state index contributed by atoms with van der Waals surface area (Å²) >= 11 is 6.81. The van der Waals surface area contributed by atoms with Crippen LogP contribution in [0.5, 0.6) is 0 Å². The minimum Gasteiger partial charge on any atom is -0.315 e. The molecule has 0 aliphatic rings. The van der Waals surface area contributed by atoms with E-state index >= 15 is 0 Å². The van der Waals surface area contributed by atoms with Gasteiger partial charge in [-0.2, -0.15) is 16.8 Å². The van der Waals surface area contributed by atoms with Crippen LogP contribution in [-0.2, 0) is 6.54 Å². The largest absolute Gasteiger partial charge is 0.315 e. The molecule has 0 spiro atoms. The van der Waals surface area contributed by atoms with Crippen LogP contribution >= 0.6 is 39.0 Å². The Balaban J connectivity index is 2.17. The molecule has 0 radical (unpaired) electrons. The molecule has 25 heavy (non-hydrogen) atoms. The predicted molar refractivity (Wildman–Crippen MR) is 112 cm³/mol. The fourth-order valence-corrected chi connectivity index (χ4v) is 4.54. The lowest BCUT2D eigenvalue weighted by molar-refractivity contribution is 0.0997. The maximum Gasteiger partial charge on any atom is 0.280 e. The highest BCUT2D eigenvalue weighted by Gasteiger charge is 2.12. The van der Waals surface area contributed by atoms with Gasteiger partial charge in [0.1, 0.15) is 0 Å². The molecule has 0 aliphatic heterocycles. The van der Waals surface area contributed by atoms with Gasteiger partial charge in [0.25, 0.3) is 5.91 Å². The molecule has 1 amide bonds. The van der Waals surface area contributed by atoms with Gasteiger partial charge in [-0.1, -0.05) is 23.5 Å². The average molecular weight is 435 g/mol. The third-order valence-corrected chi connectivity index (χ3v) is 6.44. The van der Waals surface area contributed by atoms with Crippen molar-refractivity contribution in [3.8, 4) is 0 Å². The summed E-state index contributed by atoms with van der Waals surface area (Å²) in [4.78, 5) is 17.9. The number of thiazole rings is 1. The van der Waals surface area contributed by atoms with Crippen molar-refractivity contribution in [1.29, 1.82) is 0 Å². The minimum atomic E-state index is -0.217. The molecule has 2 aromatic carbocycles. The second kappa shape index (κ2) is 7.89. The molecule has 0 N–H and O–H groups in total. The van der Waals surface area contributed by atoms with Crippen LogP contribution in [0.1, 0.15) is 21.5 Å². The Hall–Kier alpha value is -1.37. The van der Waals surface area contributed by atoms with E-state index < -0.39 is 0 Å². The molecule has 0 saturated heterocycles. The van der Waals surface area contributed by atoms with Crippen LogP contribution in [0.15, 0.2) is 45.9 Å². The Kier molecular flexibility index (Phi) is 5.81. The Morgan fingerprint density at radius 1 is 1.24 bits per heavy atom. The fraction of sp³-hybridized carbons (Fsp3) is 0.263. The van der Waals surface area contributed by atoms with E-state index in [1.54, 1.807) is 29.2 Å². The number of aryl methyl sites for hydroxylation is 3. The van der Waals surface area contributed by atoms with Crippen LogP contribution in [0, 0.1) is 13.8 Å². The summed E-state index contributed by atoms with van der Waals surface area (Å²) in [5.41, 5.74) is 4.26. The van der Waals surface area contributed by atoms with Gasteiger partial charge in [0.15, 0.2) is 4.80 Å². The SMILES string of the molecule is CSCCn1c(=NC(=O)c2ccccc2Br)sc2cc(C)c(C)cc21. The average Bonchev–Trinajstić information content (AvgIpc) is 2.90. The molecule has 0 atom stereocenters. The fourth-order valence-electron chi connectivity index (χ4n) is 2.59. The number of rotatable bonds is 4. The number of aromatic nitrogens is 1. The van der Waals surface area contributed by atoms with Gasteiger partial charge in [0, 0.05) is 16.8 Å². The molecule has 0 aliphatic carbocycles. The maximum absolute atomic E-state index is 12.7. The summed E-state index contributed by atoms with van der Waals surface area (Å²) in [5.74, 6) is 0.764. The summed E-state index contributed by atoms with van der Waals surface area (Å²) in [6, 6.07) is 11.8. The Morgan fingerprint density at radius 3 is 2.68 bits per heavy atom. The Labute approximate surface area is 163 Å². The number of benzene rings is 2. The summed E-state index contributed by atoms with van der Waals surface area (Å²) in [7, 11) is 0. The second-order valence-corrected chi connectivity index (χ2v) is 8.68. The first-order valence-corrected chi connectivity index (χ1v) is 10.9. The number of fused-ring (bicyclic) bond motifs is 1. The van der Waals surface area contributed by atoms with Gasteiger partial charge in [-0.3, -0.25) is 4.79 Å². The zero-order valence-electron chi connectivity index (χ0n) is 14.4. The molecular formula is C19H19BrN2OS2. The molecule has 0 bridgehead atoms. The van der Waals surface area contributed by atoms with Gasteiger partial charge in [-0.15, -0.1) is 0 Å². The van der Waals surface area contributed by atoms with E-state index in [1.165, 1.54) is 15.8 Å². The molecule has 0 fully saturated rings. The lowest BCUT2D eigenvalue weighted by atomic mass is 10.1. The van der Waals surface area contributed by atoms with Crippen molar-refractivity contribution in [2.45, 2.75) is 20.4 Å². The van der Waals surface area contributed by atoms with Crippen LogP contribution in [0.2, 0.25) is 0 Å². The van der Waals surface area contributed by atoms with Crippen LogP contribution in [0.3, 0.4) is 0 Å². The first kappa shape index (κ1) is 18.4. The quantitative estimate of drug-likeness (QED) is 0.566. The third-order valence-electron chi connectivity index (χ3n) is 4.12. The maximum atomic E-state index is 12.7. The van der Waals surface area contributed by atoms with Gasteiger partial charge in [0.2, 0.25) is 0 Å². The van der Waals surface area contributed by atoms with E-state index in [2.05, 4.69) is 57.7 Å². The van der Waals surface area contributed by atoms with E-state index in [-0.39, 0.29) is 5.91 Å². The van der Waals surface area contributed by atoms with Crippen molar-refractivity contribution in [2.24, 2.45) is 4.99 Å². The van der Waals surface area contributed by atoms with E-state index in [4.69, 9.17) is 0 Å². The van der Waals surface area contributed by atoms with Crippen LogP contribution in [-0.4, -0.2) is 22.5 Å². The van der Waals surface area contributed by atoms with Crippen molar-refractivity contribution in [3.63, 3.8) is 0 Å². The molecule has 1 heterocycles. The van der Waals surface area contributed by atoms with Crippen LogP contribution < -0.4 is 4.80 Å². The second-order valence-electron chi connectivity index (χ2n) is 5.83. The number of halogens is 1. The van der Waals surface area contributed by atoms with E-state index in [0.717, 1.165) is 27.1 Å². The Bertz CT molecular complexity index is 1000. The highest BCUT2D eigenvalue weighted by Crippen LogP contribution is 2.23. The lowest BCUT2D eigenvalue weighted by Crippen LogP contribution is -2.18. The molecule has 3 rings (SSSR count). The first-order valence-electron chi connectivity index (χ1n) is 7.94. The molecule has 3 aromatic rings. The standard InChI is InChI=1S/C19H19BrN2OS2/c1-12-10-16-17(11-13(12)2)25-19(22(16)8-9-24-3)21-18(23)14-6-4-5-7-15(14)20/h4-7,10-11H,8-9H2,1-3H3. The highest BCUT2D eigenvalue weighted by molar-refractivity contribution is 9.10. The summed E-state index contributed by atoms with van der Waals surface area (Å²) < 4.78 is 4.10. The molecular weight excluding hydrogens is 416 g/mol. The lowest BCUT2D eigenvalue weighted by Gasteiger charge is -2.06. The van der Waals surface area contributed by atoms with Crippen LogP contribution in [0.25, 0.3) is 10.2 Å². The topological polar surface area (TPSA) is 34.4 Å². The third kappa shape index (κ3) is 3.91. The molecule has 3 nitrogen and oxygen atoms in total. The van der Waals surface area contributed by atoms with Gasteiger partial charge in [-0.05, 0) is 71.4 Å². The smallest absolute Gasteiger partial charge is 0.280 e. The molecule has 0 unspecified atom stereocenters. The van der Waals surface area contributed by atoms with Crippen molar-refractivity contribution >= 4 is 55.2 Å². The van der Waals surface area contributed by atoms with Crippen molar-refractivity contribution < 1.29 is 4.79 Å². The monoisotopic (exact) mass is 434 g/mol. The number of carbonyl (C=O) groups excluding carboxylic acids is 1. The Morgan fingerprint density at radius 2 is 1.96 bits per heavy atom. The van der Waals surface area contributed by atoms with Crippen molar-refractivity contribution in [3.05, 3.63) is 62.4 Å². The predicted octanol–water partition coefficient (Wildman–Crippen LogP) is 5.19. The molecule has 6 heteroatoms. The van der Waals surface area contributed by atoms with E-state index in [9.17, 15) is 4.79 Å². The molecule has 130 valence electrons. The van der Waals surface area contributed by atoms with E-state index in [1.807, 2.05) is 18.2 Å². The van der Waals surface area contributed by atoms with Gasteiger partial charge < -0.3 is 4.57 Å². The molecule has 1 aromatic heterocycles. The minimum absolute atomic E-state index is 0.217. The van der Waals surface area contributed by atoms with E-state index in [0.29, 0.717) is 5.56 Å². The number of thioether (sulfide) groups is 1. The number of hydrogen-bond donors (Lipinski definition) is 0. The number of carbonyl (C=O) groups is 1. The summed E-state index contributed by atoms with van der Waals surface area (Å²) in [5, 5.41) is 0. The zero-order valence-corrected chi connectivity index (χ0v) is 17.6. The van der Waals surface area contributed by atoms with Gasteiger partial charge in [0.05, 0.1) is 15.8 Å². The van der Waals surface area contributed by atoms with Crippen molar-refractivity contribution in [2.75, 3.05) is 12.0 Å². The number of hydrogen-bond acceptors (Lipinski definition) is 3. The van der Waals surface area contributed by atoms with Gasteiger partial charge >= 0.3 is 0 Å². The summed E-state index contributed by atoms with van der Waals surface area (Å²) in [6.07, 6.45) is 2.09. The molecule has 0 saturated carbocycles. The number of nitrogens with zero attached hydrogens (tertiary/aromatic N) is 2. The highest BCUT2D eigenvalue weighted by atomic mass is 79.9.